The maximum absolute atomic E-state index is 5.40. The third-order valence-electron chi connectivity index (χ3n) is 3.75. The maximum Gasteiger partial charge on any atom is 0.123 e. The van der Waals surface area contributed by atoms with Crippen molar-refractivity contribution in [3.05, 3.63) is 29.8 Å². The highest BCUT2D eigenvalue weighted by Crippen LogP contribution is 2.45. The predicted molar refractivity (Wildman–Crippen MR) is 74.9 cm³/mol. The summed E-state index contributed by atoms with van der Waals surface area (Å²) in [4.78, 5) is 2.40. The summed E-state index contributed by atoms with van der Waals surface area (Å²) in [5.41, 5.74) is 1.79. The summed E-state index contributed by atoms with van der Waals surface area (Å²) in [6.45, 7) is 3.24. The van der Waals surface area contributed by atoms with Crippen molar-refractivity contribution < 1.29 is 4.74 Å². The normalized spacial score (nSPS) is 16.9. The van der Waals surface area contributed by atoms with Crippen LogP contribution in [0.5, 0.6) is 5.75 Å². The van der Waals surface area contributed by atoms with Crippen LogP contribution < -0.4 is 10.1 Å². The SMILES string of the molecule is CNCC1(CN(C)Cc2ccccc2OC)CC1. The number of rotatable bonds is 7. The van der Waals surface area contributed by atoms with Gasteiger partial charge in [0.1, 0.15) is 5.75 Å². The number of para-hydroxylation sites is 1. The minimum absolute atomic E-state index is 0.519. The van der Waals surface area contributed by atoms with Gasteiger partial charge in [-0.25, -0.2) is 0 Å². The minimum Gasteiger partial charge on any atom is -0.496 e. The van der Waals surface area contributed by atoms with Gasteiger partial charge in [-0.05, 0) is 38.4 Å². The van der Waals surface area contributed by atoms with Crippen LogP contribution in [0.3, 0.4) is 0 Å². The lowest BCUT2D eigenvalue weighted by Crippen LogP contribution is -2.32. The average Bonchev–Trinajstić information content (AvgIpc) is 3.09. The Kier molecular flexibility index (Phi) is 4.25. The van der Waals surface area contributed by atoms with Gasteiger partial charge >= 0.3 is 0 Å². The van der Waals surface area contributed by atoms with Gasteiger partial charge < -0.3 is 15.0 Å². The van der Waals surface area contributed by atoms with Crippen molar-refractivity contribution in [1.29, 1.82) is 0 Å². The first-order valence-electron chi connectivity index (χ1n) is 6.64. The quantitative estimate of drug-likeness (QED) is 0.800. The summed E-state index contributed by atoms with van der Waals surface area (Å²) >= 11 is 0. The highest BCUT2D eigenvalue weighted by Gasteiger charge is 2.42. The van der Waals surface area contributed by atoms with Crippen LogP contribution in [0.25, 0.3) is 0 Å². The van der Waals surface area contributed by atoms with Crippen molar-refractivity contribution in [2.24, 2.45) is 5.41 Å². The molecule has 3 heteroatoms. The smallest absolute Gasteiger partial charge is 0.123 e. The zero-order valence-corrected chi connectivity index (χ0v) is 11.7. The molecule has 100 valence electrons. The summed E-state index contributed by atoms with van der Waals surface area (Å²) in [7, 11) is 5.98. The molecule has 0 heterocycles. The summed E-state index contributed by atoms with van der Waals surface area (Å²) < 4.78 is 5.40. The topological polar surface area (TPSA) is 24.5 Å². The van der Waals surface area contributed by atoms with E-state index in [2.05, 4.69) is 29.4 Å². The fraction of sp³-hybridized carbons (Fsp3) is 0.600. The number of methoxy groups -OCH3 is 1. The van der Waals surface area contributed by atoms with Crippen molar-refractivity contribution in [2.45, 2.75) is 19.4 Å². The zero-order valence-electron chi connectivity index (χ0n) is 11.7. The van der Waals surface area contributed by atoms with Gasteiger partial charge in [0.25, 0.3) is 0 Å². The summed E-state index contributed by atoms with van der Waals surface area (Å²) in [6.07, 6.45) is 2.70. The molecule has 0 radical (unpaired) electrons. The van der Waals surface area contributed by atoms with Gasteiger partial charge in [0, 0.05) is 25.2 Å². The van der Waals surface area contributed by atoms with E-state index in [1.807, 2.05) is 19.2 Å². The molecule has 2 rings (SSSR count). The Hall–Kier alpha value is -1.06. The van der Waals surface area contributed by atoms with Crippen molar-refractivity contribution in [2.75, 3.05) is 34.3 Å². The molecule has 3 nitrogen and oxygen atoms in total. The van der Waals surface area contributed by atoms with Gasteiger partial charge in [0.05, 0.1) is 7.11 Å². The first kappa shape index (κ1) is 13.4. The van der Waals surface area contributed by atoms with Crippen LogP contribution in [0, 0.1) is 5.41 Å². The molecule has 0 saturated heterocycles. The van der Waals surface area contributed by atoms with E-state index in [4.69, 9.17) is 4.74 Å². The molecule has 0 spiro atoms. The van der Waals surface area contributed by atoms with E-state index in [1.165, 1.54) is 18.4 Å². The molecule has 1 aromatic rings. The van der Waals surface area contributed by atoms with Crippen molar-refractivity contribution in [1.82, 2.24) is 10.2 Å². The molecule has 1 aromatic carbocycles. The lowest BCUT2D eigenvalue weighted by molar-refractivity contribution is 0.249. The molecule has 0 aliphatic heterocycles. The molecule has 1 fully saturated rings. The number of nitrogens with one attached hydrogen (secondary N) is 1. The van der Waals surface area contributed by atoms with E-state index in [1.54, 1.807) is 7.11 Å². The number of ether oxygens (including phenoxy) is 1. The third-order valence-corrected chi connectivity index (χ3v) is 3.75. The van der Waals surface area contributed by atoms with Gasteiger partial charge in [0.15, 0.2) is 0 Å². The van der Waals surface area contributed by atoms with E-state index in [-0.39, 0.29) is 0 Å². The molecule has 0 aromatic heterocycles. The zero-order chi connectivity index (χ0) is 13.0. The third kappa shape index (κ3) is 3.24. The van der Waals surface area contributed by atoms with Crippen LogP contribution in [0.4, 0.5) is 0 Å². The fourth-order valence-corrected chi connectivity index (χ4v) is 2.70. The number of nitrogens with zero attached hydrogens (tertiary/aromatic N) is 1. The molecule has 0 unspecified atom stereocenters. The van der Waals surface area contributed by atoms with Crippen LogP contribution >= 0.6 is 0 Å². The second-order valence-electron chi connectivity index (χ2n) is 5.51. The first-order valence-corrected chi connectivity index (χ1v) is 6.64. The Bertz CT molecular complexity index is 388. The summed E-state index contributed by atoms with van der Waals surface area (Å²) in [6, 6.07) is 8.27. The van der Waals surface area contributed by atoms with Gasteiger partial charge in [-0.3, -0.25) is 0 Å². The van der Waals surface area contributed by atoms with Crippen LogP contribution in [0.2, 0.25) is 0 Å². The van der Waals surface area contributed by atoms with Crippen LogP contribution in [-0.2, 0) is 6.54 Å². The number of hydrogen-bond acceptors (Lipinski definition) is 3. The largest absolute Gasteiger partial charge is 0.496 e. The molecule has 1 N–H and O–H groups in total. The average molecular weight is 248 g/mol. The molecule has 18 heavy (non-hydrogen) atoms. The van der Waals surface area contributed by atoms with Crippen LogP contribution in [0.1, 0.15) is 18.4 Å². The van der Waals surface area contributed by atoms with Crippen LogP contribution in [-0.4, -0.2) is 39.2 Å². The van der Waals surface area contributed by atoms with Crippen molar-refractivity contribution >= 4 is 0 Å². The highest BCUT2D eigenvalue weighted by atomic mass is 16.5. The standard InChI is InChI=1S/C15H24N2O/c1-16-11-15(8-9-15)12-17(2)10-13-6-4-5-7-14(13)18-3/h4-7,16H,8-12H2,1-3H3. The Morgan fingerprint density at radius 2 is 2.06 bits per heavy atom. The summed E-state index contributed by atoms with van der Waals surface area (Å²) in [5.74, 6) is 0.989. The minimum atomic E-state index is 0.519. The molecule has 1 aliphatic rings. The molecular weight excluding hydrogens is 224 g/mol. The van der Waals surface area contributed by atoms with E-state index in [0.29, 0.717) is 5.41 Å². The second kappa shape index (κ2) is 5.72. The lowest BCUT2D eigenvalue weighted by atomic mass is 10.1. The Morgan fingerprint density at radius 3 is 2.67 bits per heavy atom. The van der Waals surface area contributed by atoms with E-state index in [0.717, 1.165) is 25.4 Å². The molecule has 0 bridgehead atoms. The lowest BCUT2D eigenvalue weighted by Gasteiger charge is -2.24. The molecule has 1 saturated carbocycles. The predicted octanol–water partition coefficient (Wildman–Crippen LogP) is 2.13. The van der Waals surface area contributed by atoms with Crippen LogP contribution in [0.15, 0.2) is 24.3 Å². The van der Waals surface area contributed by atoms with Crippen molar-refractivity contribution in [3.63, 3.8) is 0 Å². The Morgan fingerprint density at radius 1 is 1.33 bits per heavy atom. The van der Waals surface area contributed by atoms with E-state index in [9.17, 15) is 0 Å². The van der Waals surface area contributed by atoms with Gasteiger partial charge in [-0.2, -0.15) is 0 Å². The summed E-state index contributed by atoms with van der Waals surface area (Å²) in [5, 5.41) is 3.31. The molecule has 1 aliphatic carbocycles. The van der Waals surface area contributed by atoms with Gasteiger partial charge in [-0.1, -0.05) is 18.2 Å². The van der Waals surface area contributed by atoms with E-state index < -0.39 is 0 Å². The maximum atomic E-state index is 5.40. The Labute approximate surface area is 110 Å². The molecule has 0 amide bonds. The molecule has 0 atom stereocenters. The highest BCUT2D eigenvalue weighted by molar-refractivity contribution is 5.33. The van der Waals surface area contributed by atoms with E-state index >= 15 is 0 Å². The number of hydrogen-bond donors (Lipinski definition) is 1. The van der Waals surface area contributed by atoms with Gasteiger partial charge in [0.2, 0.25) is 0 Å². The second-order valence-corrected chi connectivity index (χ2v) is 5.51. The van der Waals surface area contributed by atoms with Gasteiger partial charge in [-0.15, -0.1) is 0 Å². The Balaban J connectivity index is 1.93. The van der Waals surface area contributed by atoms with Crippen molar-refractivity contribution in [3.8, 4) is 5.75 Å². The fourth-order valence-electron chi connectivity index (χ4n) is 2.70. The monoisotopic (exact) mass is 248 g/mol. The first-order chi connectivity index (χ1) is 8.69. The number of benzene rings is 1. The molecular formula is C15H24N2O.